The first-order valence-corrected chi connectivity index (χ1v) is 6.98. The topological polar surface area (TPSA) is 70.9 Å². The van der Waals surface area contributed by atoms with Gasteiger partial charge in [-0.05, 0) is 18.6 Å². The van der Waals surface area contributed by atoms with E-state index in [0.717, 1.165) is 29.0 Å². The van der Waals surface area contributed by atoms with E-state index in [2.05, 4.69) is 10.1 Å². The second kappa shape index (κ2) is 4.96. The van der Waals surface area contributed by atoms with Crippen LogP contribution in [0.1, 0.15) is 12.6 Å². The molecule has 1 aromatic carbocycles. The lowest BCUT2D eigenvalue weighted by Gasteiger charge is -2.09. The van der Waals surface area contributed by atoms with E-state index in [4.69, 9.17) is 22.1 Å². The van der Waals surface area contributed by atoms with E-state index in [-0.39, 0.29) is 0 Å². The molecule has 0 unspecified atom stereocenters. The minimum atomic E-state index is 0.414. The van der Waals surface area contributed by atoms with Crippen LogP contribution in [-0.4, -0.2) is 26.4 Å². The Morgan fingerprint density at radius 2 is 2.14 bits per heavy atom. The smallest absolute Gasteiger partial charge is 0.207 e. The fraction of sp³-hybridized carbons (Fsp3) is 0.286. The van der Waals surface area contributed by atoms with Crippen molar-refractivity contribution in [3.8, 4) is 11.4 Å². The van der Waals surface area contributed by atoms with Crippen molar-refractivity contribution in [3.05, 3.63) is 28.9 Å². The maximum Gasteiger partial charge on any atom is 0.207 e. The summed E-state index contributed by atoms with van der Waals surface area (Å²) < 4.78 is 8.90. The number of aryl methyl sites for hydroxylation is 2. The fourth-order valence-corrected chi connectivity index (χ4v) is 2.67. The minimum absolute atomic E-state index is 0.414. The number of imidazole rings is 1. The summed E-state index contributed by atoms with van der Waals surface area (Å²) in [5.41, 5.74) is 9.53. The third-order valence-corrected chi connectivity index (χ3v) is 3.77. The van der Waals surface area contributed by atoms with Crippen LogP contribution in [0.3, 0.4) is 0 Å². The van der Waals surface area contributed by atoms with Crippen LogP contribution in [0.15, 0.2) is 18.2 Å². The molecule has 2 N–H and O–H groups in total. The number of rotatable bonds is 3. The molecule has 0 radical (unpaired) electrons. The van der Waals surface area contributed by atoms with E-state index in [1.54, 1.807) is 17.9 Å². The van der Waals surface area contributed by atoms with Crippen LogP contribution in [0.4, 0.5) is 5.95 Å². The molecule has 0 aliphatic carbocycles. The van der Waals surface area contributed by atoms with Crippen molar-refractivity contribution in [2.24, 2.45) is 7.05 Å². The lowest BCUT2D eigenvalue weighted by atomic mass is 10.3. The van der Waals surface area contributed by atoms with Gasteiger partial charge in [-0.1, -0.05) is 18.5 Å². The zero-order chi connectivity index (χ0) is 15.1. The number of nitrogens with zero attached hydrogens (tertiary/aromatic N) is 4. The summed E-state index contributed by atoms with van der Waals surface area (Å²) in [6, 6.07) is 5.48. The highest BCUT2D eigenvalue weighted by atomic mass is 35.5. The number of fused-ring (bicyclic) bond motifs is 1. The van der Waals surface area contributed by atoms with Gasteiger partial charge in [0, 0.05) is 13.1 Å². The average molecular weight is 306 g/mol. The van der Waals surface area contributed by atoms with Crippen LogP contribution in [-0.2, 0) is 13.5 Å². The van der Waals surface area contributed by atoms with Crippen molar-refractivity contribution < 1.29 is 4.74 Å². The largest absolute Gasteiger partial charge is 0.495 e. The Labute approximate surface area is 127 Å². The number of nitrogens with two attached hydrogens (primary N) is 1. The van der Waals surface area contributed by atoms with Gasteiger partial charge in [0.15, 0.2) is 5.65 Å². The third-order valence-electron chi connectivity index (χ3n) is 3.46. The van der Waals surface area contributed by atoms with Gasteiger partial charge < -0.3 is 10.5 Å². The number of methoxy groups -OCH3 is 1. The molecule has 0 aliphatic rings. The Morgan fingerprint density at radius 1 is 1.38 bits per heavy atom. The van der Waals surface area contributed by atoms with E-state index >= 15 is 0 Å². The van der Waals surface area contributed by atoms with Crippen molar-refractivity contribution in [1.29, 1.82) is 0 Å². The van der Waals surface area contributed by atoms with Gasteiger partial charge in [-0.15, -0.1) is 0 Å². The summed E-state index contributed by atoms with van der Waals surface area (Å²) in [5.74, 6) is 1.00. The molecule has 21 heavy (non-hydrogen) atoms. The number of hydrogen-bond donors (Lipinski definition) is 1. The normalized spacial score (nSPS) is 11.2. The van der Waals surface area contributed by atoms with E-state index in [1.807, 2.05) is 30.7 Å². The first kappa shape index (κ1) is 13.8. The van der Waals surface area contributed by atoms with E-state index in [0.29, 0.717) is 16.7 Å². The van der Waals surface area contributed by atoms with Gasteiger partial charge in [-0.3, -0.25) is 4.57 Å². The molecule has 7 heteroatoms. The van der Waals surface area contributed by atoms with Crippen LogP contribution in [0.5, 0.6) is 5.75 Å². The monoisotopic (exact) mass is 305 g/mol. The molecule has 0 bridgehead atoms. The molecule has 110 valence electrons. The average Bonchev–Trinajstić information content (AvgIpc) is 2.96. The Bertz CT molecular complexity index is 820. The number of ether oxygens (including phenoxy) is 1. The van der Waals surface area contributed by atoms with E-state index < -0.39 is 0 Å². The molecule has 0 saturated heterocycles. The number of halogens is 1. The highest BCUT2D eigenvalue weighted by Gasteiger charge is 2.18. The highest BCUT2D eigenvalue weighted by molar-refractivity contribution is 6.32. The minimum Gasteiger partial charge on any atom is -0.495 e. The Morgan fingerprint density at radius 3 is 2.81 bits per heavy atom. The predicted molar refractivity (Wildman–Crippen MR) is 83.2 cm³/mol. The molecule has 3 aromatic rings. The molecule has 0 atom stereocenters. The zero-order valence-corrected chi connectivity index (χ0v) is 12.8. The summed E-state index contributed by atoms with van der Waals surface area (Å²) in [6.07, 6.45) is 0.803. The Balaban J connectivity index is 2.29. The maximum absolute atomic E-state index is 6.09. The van der Waals surface area contributed by atoms with Crippen LogP contribution >= 0.6 is 11.6 Å². The molecule has 0 aliphatic heterocycles. The fourth-order valence-electron chi connectivity index (χ4n) is 2.48. The Kier molecular flexibility index (Phi) is 3.25. The molecule has 3 rings (SSSR count). The number of hydrogen-bond acceptors (Lipinski definition) is 4. The second-order valence-electron chi connectivity index (χ2n) is 4.72. The van der Waals surface area contributed by atoms with Gasteiger partial charge in [0.05, 0.1) is 23.5 Å². The molecule has 0 saturated carbocycles. The molecule has 6 nitrogen and oxygen atoms in total. The van der Waals surface area contributed by atoms with E-state index in [1.165, 1.54) is 0 Å². The zero-order valence-electron chi connectivity index (χ0n) is 12.1. The Hall–Kier alpha value is -2.21. The van der Waals surface area contributed by atoms with Crippen molar-refractivity contribution >= 4 is 28.7 Å². The quantitative estimate of drug-likeness (QED) is 0.807. The van der Waals surface area contributed by atoms with Gasteiger partial charge in [-0.2, -0.15) is 5.10 Å². The summed E-state index contributed by atoms with van der Waals surface area (Å²) in [6.45, 7) is 2.04. The molecule has 2 aromatic heterocycles. The van der Waals surface area contributed by atoms with Gasteiger partial charge in [0.25, 0.3) is 0 Å². The van der Waals surface area contributed by atoms with E-state index in [9.17, 15) is 0 Å². The lowest BCUT2D eigenvalue weighted by Crippen LogP contribution is -2.05. The summed E-state index contributed by atoms with van der Waals surface area (Å²) in [7, 11) is 3.46. The molecule has 0 spiro atoms. The number of nitrogen functional groups attached to an aromatic ring is 1. The molecule has 2 heterocycles. The first-order chi connectivity index (χ1) is 10.1. The van der Waals surface area contributed by atoms with Crippen LogP contribution in [0.2, 0.25) is 5.02 Å². The van der Waals surface area contributed by atoms with Gasteiger partial charge in [-0.25, -0.2) is 9.67 Å². The molecule has 0 fully saturated rings. The van der Waals surface area contributed by atoms with Gasteiger partial charge in [0.1, 0.15) is 11.3 Å². The standard InChI is InChI=1S/C14H16ClN5O/c1-4-10-12-13(19(2)18-10)20(14(16)17-12)8-5-6-9(15)11(7-8)21-3/h5-7H,4H2,1-3H3,(H2,16,17). The van der Waals surface area contributed by atoms with Crippen LogP contribution in [0.25, 0.3) is 16.9 Å². The first-order valence-electron chi connectivity index (χ1n) is 6.60. The molecule has 0 amide bonds. The van der Waals surface area contributed by atoms with Crippen LogP contribution in [0, 0.1) is 0 Å². The van der Waals surface area contributed by atoms with Crippen molar-refractivity contribution in [3.63, 3.8) is 0 Å². The van der Waals surface area contributed by atoms with Crippen LogP contribution < -0.4 is 10.5 Å². The van der Waals surface area contributed by atoms with Crippen molar-refractivity contribution in [2.75, 3.05) is 12.8 Å². The van der Waals surface area contributed by atoms with Gasteiger partial charge in [0.2, 0.25) is 5.95 Å². The summed E-state index contributed by atoms with van der Waals surface area (Å²) in [5, 5.41) is 5.03. The van der Waals surface area contributed by atoms with Crippen molar-refractivity contribution in [1.82, 2.24) is 19.3 Å². The highest BCUT2D eigenvalue weighted by Crippen LogP contribution is 2.30. The lowest BCUT2D eigenvalue weighted by molar-refractivity contribution is 0.415. The number of benzene rings is 1. The SMILES string of the molecule is CCc1nn(C)c2c1nc(N)n2-c1ccc(Cl)c(OC)c1. The third kappa shape index (κ3) is 2.03. The summed E-state index contributed by atoms with van der Waals surface area (Å²) >= 11 is 6.07. The van der Waals surface area contributed by atoms with Crippen molar-refractivity contribution in [2.45, 2.75) is 13.3 Å². The number of aromatic nitrogens is 4. The molecular weight excluding hydrogens is 290 g/mol. The second-order valence-corrected chi connectivity index (χ2v) is 5.13. The number of anilines is 1. The predicted octanol–water partition coefficient (Wildman–Crippen LogP) is 2.57. The van der Waals surface area contributed by atoms with Gasteiger partial charge >= 0.3 is 0 Å². The maximum atomic E-state index is 6.09. The molecular formula is C14H16ClN5O. The summed E-state index contributed by atoms with van der Waals surface area (Å²) in [4.78, 5) is 4.44.